The van der Waals surface area contributed by atoms with Crippen LogP contribution in [0.4, 0.5) is 0 Å². The lowest BCUT2D eigenvalue weighted by Gasteiger charge is -2.21. The third kappa shape index (κ3) is 4.72. The fourth-order valence-corrected chi connectivity index (χ4v) is 2.59. The van der Waals surface area contributed by atoms with E-state index in [2.05, 4.69) is 45.0 Å². The van der Waals surface area contributed by atoms with Crippen molar-refractivity contribution in [1.29, 1.82) is 0 Å². The molecule has 0 aliphatic carbocycles. The van der Waals surface area contributed by atoms with Crippen molar-refractivity contribution in [2.45, 2.75) is 32.1 Å². The molecule has 0 fully saturated rings. The second-order valence-electron chi connectivity index (χ2n) is 4.78. The average Bonchev–Trinajstić information content (AvgIpc) is 2.18. The van der Waals surface area contributed by atoms with E-state index in [0.29, 0.717) is 0 Å². The van der Waals surface area contributed by atoms with E-state index in [9.17, 15) is 0 Å². The van der Waals surface area contributed by atoms with Crippen molar-refractivity contribution in [3.05, 3.63) is 29.8 Å². The largest absolute Gasteiger partial charge is 0.330 e. The number of thioether (sulfide) groups is 1. The quantitative estimate of drug-likeness (QED) is 0.774. The number of aryl methyl sites for hydroxylation is 1. The first-order chi connectivity index (χ1) is 7.03. The summed E-state index contributed by atoms with van der Waals surface area (Å²) < 4.78 is 0. The summed E-state index contributed by atoms with van der Waals surface area (Å²) in [5.74, 6) is 1.15. The predicted octanol–water partition coefficient (Wildman–Crippen LogP) is 3.46. The van der Waals surface area contributed by atoms with Crippen LogP contribution in [0.3, 0.4) is 0 Å². The fourth-order valence-electron chi connectivity index (χ4n) is 1.25. The topological polar surface area (TPSA) is 26.0 Å². The summed E-state index contributed by atoms with van der Waals surface area (Å²) in [5, 5.41) is 0. The van der Waals surface area contributed by atoms with Gasteiger partial charge in [-0.25, -0.2) is 0 Å². The lowest BCUT2D eigenvalue weighted by Crippen LogP contribution is -2.23. The van der Waals surface area contributed by atoms with Crippen LogP contribution in [0.1, 0.15) is 25.8 Å². The maximum absolute atomic E-state index is 5.70. The van der Waals surface area contributed by atoms with Gasteiger partial charge in [-0.1, -0.05) is 31.5 Å². The molecule has 0 aromatic heterocycles. The summed E-state index contributed by atoms with van der Waals surface area (Å²) in [6.07, 6.45) is 1.17. The molecule has 1 rings (SSSR count). The van der Waals surface area contributed by atoms with Gasteiger partial charge < -0.3 is 5.73 Å². The second kappa shape index (κ2) is 5.57. The monoisotopic (exact) mass is 223 g/mol. The molecule has 0 amide bonds. The molecule has 84 valence electrons. The predicted molar refractivity (Wildman–Crippen MR) is 69.4 cm³/mol. The van der Waals surface area contributed by atoms with Gasteiger partial charge in [0, 0.05) is 4.90 Å². The first-order valence-corrected chi connectivity index (χ1v) is 6.42. The van der Waals surface area contributed by atoms with E-state index in [0.717, 1.165) is 12.3 Å². The van der Waals surface area contributed by atoms with Crippen molar-refractivity contribution < 1.29 is 0 Å². The number of hydrogen-bond donors (Lipinski definition) is 1. The van der Waals surface area contributed by atoms with Gasteiger partial charge in [0.15, 0.2) is 0 Å². The van der Waals surface area contributed by atoms with E-state index in [1.807, 2.05) is 11.8 Å². The maximum atomic E-state index is 5.70. The Hall–Kier alpha value is -0.470. The molecule has 0 atom stereocenters. The molecule has 0 saturated carbocycles. The van der Waals surface area contributed by atoms with Crippen molar-refractivity contribution in [3.63, 3.8) is 0 Å². The summed E-state index contributed by atoms with van der Waals surface area (Å²) in [4.78, 5) is 1.36. The molecule has 1 nitrogen and oxygen atoms in total. The molecule has 0 saturated heterocycles. The van der Waals surface area contributed by atoms with Gasteiger partial charge in [-0.3, -0.25) is 0 Å². The highest BCUT2D eigenvalue weighted by Gasteiger charge is 2.14. The average molecular weight is 223 g/mol. The molecule has 0 heterocycles. The van der Waals surface area contributed by atoms with Crippen LogP contribution in [0, 0.1) is 12.3 Å². The van der Waals surface area contributed by atoms with Gasteiger partial charge >= 0.3 is 0 Å². The van der Waals surface area contributed by atoms with Gasteiger partial charge in [-0.15, -0.1) is 11.8 Å². The molecule has 0 bridgehead atoms. The Morgan fingerprint density at radius 3 is 2.67 bits per heavy atom. The molecular formula is C13H21NS. The maximum Gasteiger partial charge on any atom is 0.00745 e. The summed E-state index contributed by atoms with van der Waals surface area (Å²) in [6, 6.07) is 8.66. The molecule has 0 unspecified atom stereocenters. The van der Waals surface area contributed by atoms with Crippen LogP contribution < -0.4 is 5.73 Å². The molecule has 0 aliphatic heterocycles. The minimum Gasteiger partial charge on any atom is -0.330 e. The van der Waals surface area contributed by atoms with Crippen LogP contribution in [0.15, 0.2) is 29.2 Å². The Morgan fingerprint density at radius 1 is 1.33 bits per heavy atom. The lowest BCUT2D eigenvalue weighted by molar-refractivity contribution is 0.368. The Balaban J connectivity index is 2.38. The Morgan fingerprint density at radius 2 is 2.07 bits per heavy atom. The summed E-state index contributed by atoms with van der Waals surface area (Å²) >= 11 is 1.92. The van der Waals surface area contributed by atoms with Gasteiger partial charge in [-0.2, -0.15) is 0 Å². The zero-order valence-corrected chi connectivity index (χ0v) is 10.7. The van der Waals surface area contributed by atoms with Crippen LogP contribution in [0.25, 0.3) is 0 Å². The van der Waals surface area contributed by atoms with E-state index in [4.69, 9.17) is 5.73 Å². The van der Waals surface area contributed by atoms with Gasteiger partial charge in [-0.05, 0) is 43.2 Å². The minimum atomic E-state index is 0.275. The van der Waals surface area contributed by atoms with Crippen molar-refractivity contribution in [3.8, 4) is 0 Å². The van der Waals surface area contributed by atoms with Crippen molar-refractivity contribution in [2.24, 2.45) is 11.1 Å². The first-order valence-electron chi connectivity index (χ1n) is 5.43. The van der Waals surface area contributed by atoms with Gasteiger partial charge in [0.25, 0.3) is 0 Å². The Labute approximate surface area is 97.4 Å². The molecule has 0 radical (unpaired) electrons. The lowest BCUT2D eigenvalue weighted by atomic mass is 9.91. The summed E-state index contributed by atoms with van der Waals surface area (Å²) in [7, 11) is 0. The van der Waals surface area contributed by atoms with Crippen molar-refractivity contribution >= 4 is 11.8 Å². The normalized spacial score (nSPS) is 11.7. The zero-order chi connectivity index (χ0) is 11.3. The Kier molecular flexibility index (Phi) is 4.68. The molecule has 1 aromatic rings. The minimum absolute atomic E-state index is 0.275. The van der Waals surface area contributed by atoms with Crippen molar-refractivity contribution in [2.75, 3.05) is 12.3 Å². The van der Waals surface area contributed by atoms with E-state index in [1.54, 1.807) is 0 Å². The van der Waals surface area contributed by atoms with E-state index < -0.39 is 0 Å². The fraction of sp³-hybridized carbons (Fsp3) is 0.538. The van der Waals surface area contributed by atoms with Gasteiger partial charge in [0.05, 0.1) is 0 Å². The molecule has 2 heteroatoms. The molecule has 0 spiro atoms. The highest BCUT2D eigenvalue weighted by Crippen LogP contribution is 2.25. The number of benzene rings is 1. The molecule has 2 N–H and O–H groups in total. The standard InChI is InChI=1S/C13H21NS/c1-11-5-4-6-12(9-11)15-8-7-13(2,3)10-14/h4-6,9H,7-8,10,14H2,1-3H3. The summed E-state index contributed by atoms with van der Waals surface area (Å²) in [5.41, 5.74) is 7.31. The highest BCUT2D eigenvalue weighted by atomic mass is 32.2. The Bertz CT molecular complexity index is 307. The number of hydrogen-bond acceptors (Lipinski definition) is 2. The highest BCUT2D eigenvalue weighted by molar-refractivity contribution is 7.99. The second-order valence-corrected chi connectivity index (χ2v) is 5.95. The first kappa shape index (κ1) is 12.6. The summed E-state index contributed by atoms with van der Waals surface area (Å²) in [6.45, 7) is 7.35. The third-order valence-electron chi connectivity index (χ3n) is 2.59. The van der Waals surface area contributed by atoms with Crippen molar-refractivity contribution in [1.82, 2.24) is 0 Å². The van der Waals surface area contributed by atoms with Crippen LogP contribution in [0.5, 0.6) is 0 Å². The van der Waals surface area contributed by atoms with E-state index >= 15 is 0 Å². The zero-order valence-electron chi connectivity index (χ0n) is 9.92. The molecule has 15 heavy (non-hydrogen) atoms. The van der Waals surface area contributed by atoms with Crippen LogP contribution >= 0.6 is 11.8 Å². The van der Waals surface area contributed by atoms with Gasteiger partial charge in [0.1, 0.15) is 0 Å². The van der Waals surface area contributed by atoms with Crippen LogP contribution in [-0.2, 0) is 0 Å². The van der Waals surface area contributed by atoms with E-state index in [1.165, 1.54) is 16.9 Å². The van der Waals surface area contributed by atoms with E-state index in [-0.39, 0.29) is 5.41 Å². The molecule has 1 aromatic carbocycles. The number of nitrogens with two attached hydrogens (primary N) is 1. The smallest absolute Gasteiger partial charge is 0.00745 e. The SMILES string of the molecule is Cc1cccc(SCCC(C)(C)CN)c1. The molecular weight excluding hydrogens is 202 g/mol. The van der Waals surface area contributed by atoms with Crippen LogP contribution in [0.2, 0.25) is 0 Å². The van der Waals surface area contributed by atoms with Gasteiger partial charge in [0.2, 0.25) is 0 Å². The molecule has 0 aliphatic rings. The third-order valence-corrected chi connectivity index (χ3v) is 3.59. The van der Waals surface area contributed by atoms with Crippen LogP contribution in [-0.4, -0.2) is 12.3 Å². The number of rotatable bonds is 5.